The van der Waals surface area contributed by atoms with Crippen molar-refractivity contribution in [2.45, 2.75) is 64.0 Å². The molecular formula is C24H35Cl2N3. The molecule has 6 rings (SSSR count). The predicted molar refractivity (Wildman–Crippen MR) is 126 cm³/mol. The van der Waals surface area contributed by atoms with Gasteiger partial charge in [0.15, 0.2) is 0 Å². The first-order valence-corrected chi connectivity index (χ1v) is 11.4. The van der Waals surface area contributed by atoms with Gasteiger partial charge in [0, 0.05) is 35.7 Å². The Kier molecular flexibility index (Phi) is 5.98. The zero-order valence-corrected chi connectivity index (χ0v) is 19.2. The van der Waals surface area contributed by atoms with Crippen LogP contribution in [0.2, 0.25) is 0 Å². The first-order chi connectivity index (χ1) is 13.3. The maximum Gasteiger partial charge on any atom is 0.0561 e. The van der Waals surface area contributed by atoms with Gasteiger partial charge in [0.25, 0.3) is 0 Å². The minimum Gasteiger partial charge on any atom is -0.338 e. The van der Waals surface area contributed by atoms with E-state index in [0.29, 0.717) is 17.5 Å². The Bertz CT molecular complexity index is 872. The third kappa shape index (κ3) is 3.07. The van der Waals surface area contributed by atoms with Crippen molar-refractivity contribution in [2.75, 3.05) is 32.7 Å². The summed E-state index contributed by atoms with van der Waals surface area (Å²) in [7, 11) is 0. The molecule has 0 aliphatic carbocycles. The molecule has 0 bridgehead atoms. The quantitative estimate of drug-likeness (QED) is 0.619. The molecule has 0 spiro atoms. The highest BCUT2D eigenvalue weighted by Crippen LogP contribution is 2.59. The van der Waals surface area contributed by atoms with Gasteiger partial charge in [0.1, 0.15) is 0 Å². The zero-order chi connectivity index (χ0) is 18.0. The molecule has 0 amide bonds. The highest BCUT2D eigenvalue weighted by atomic mass is 35.5. The van der Waals surface area contributed by atoms with Gasteiger partial charge in [-0.25, -0.2) is 0 Å². The molecule has 2 fully saturated rings. The number of rotatable bonds is 3. The molecule has 1 aromatic heterocycles. The van der Waals surface area contributed by atoms with Crippen LogP contribution in [0, 0.1) is 5.41 Å². The summed E-state index contributed by atoms with van der Waals surface area (Å²) in [5.74, 6) is 0. The van der Waals surface area contributed by atoms with Gasteiger partial charge < -0.3 is 9.47 Å². The molecular weight excluding hydrogens is 401 g/mol. The summed E-state index contributed by atoms with van der Waals surface area (Å²) in [4.78, 5) is 5.61. The van der Waals surface area contributed by atoms with E-state index < -0.39 is 0 Å². The van der Waals surface area contributed by atoms with Crippen LogP contribution >= 0.6 is 24.8 Å². The summed E-state index contributed by atoms with van der Waals surface area (Å²) in [6.07, 6.45) is 9.59. The lowest BCUT2D eigenvalue weighted by atomic mass is 9.63. The van der Waals surface area contributed by atoms with Crippen molar-refractivity contribution in [2.24, 2.45) is 5.41 Å². The summed E-state index contributed by atoms with van der Waals surface area (Å²) in [5, 5.41) is 1.55. The summed E-state index contributed by atoms with van der Waals surface area (Å²) in [6.45, 7) is 8.94. The molecule has 160 valence electrons. The smallest absolute Gasteiger partial charge is 0.0561 e. The Morgan fingerprint density at radius 1 is 1.00 bits per heavy atom. The molecule has 29 heavy (non-hydrogen) atoms. The molecule has 4 aliphatic rings. The number of benzene rings is 1. The number of hydrogen-bond donors (Lipinski definition) is 0. The minimum atomic E-state index is 0. The Labute approximate surface area is 187 Å². The normalized spacial score (nSPS) is 31.2. The van der Waals surface area contributed by atoms with Crippen molar-refractivity contribution < 1.29 is 0 Å². The van der Waals surface area contributed by atoms with E-state index in [-0.39, 0.29) is 24.8 Å². The third-order valence-electron chi connectivity index (χ3n) is 8.41. The molecule has 5 heterocycles. The van der Waals surface area contributed by atoms with Crippen LogP contribution in [0.3, 0.4) is 0 Å². The second kappa shape index (κ2) is 8.07. The van der Waals surface area contributed by atoms with E-state index in [4.69, 9.17) is 0 Å². The van der Waals surface area contributed by atoms with E-state index in [1.165, 1.54) is 83.2 Å². The van der Waals surface area contributed by atoms with Gasteiger partial charge in [-0.05, 0) is 81.6 Å². The van der Waals surface area contributed by atoms with Gasteiger partial charge >= 0.3 is 0 Å². The summed E-state index contributed by atoms with van der Waals surface area (Å²) in [6, 6.07) is 10.6. The Balaban J connectivity index is 0.00000102. The molecule has 3 nitrogen and oxygen atoms in total. The second-order valence-electron chi connectivity index (χ2n) is 9.62. The Morgan fingerprint density at radius 3 is 2.59 bits per heavy atom. The molecule has 3 atom stereocenters. The lowest BCUT2D eigenvalue weighted by molar-refractivity contribution is -0.0388. The van der Waals surface area contributed by atoms with E-state index in [2.05, 4.69) is 45.6 Å². The average molecular weight is 436 g/mol. The first kappa shape index (κ1) is 21.5. The standard InChI is InChI=1S/C24H33N3.2ClH/c1-2-24-11-7-14-26-15-10-20-19-8-3-4-9-21(19)27(22(20)23(24)26)18(16-24)17-25-12-5-6-13-25;;/h3-4,8-9,18,23H,2,5-7,10-17H2,1H3;2*1H/t18?,23-,24+;;/m1../s1. The maximum absolute atomic E-state index is 2.86. The maximum atomic E-state index is 2.86. The minimum absolute atomic E-state index is 0. The topological polar surface area (TPSA) is 11.4 Å². The van der Waals surface area contributed by atoms with Gasteiger partial charge in [-0.15, -0.1) is 24.8 Å². The SMILES string of the molecule is CC[C@]12CCCN3CCc4c(n(c5ccccc45)C(CN4CCCC4)C1)[C@@H]32.Cl.Cl. The van der Waals surface area contributed by atoms with Crippen LogP contribution in [0.1, 0.15) is 68.8 Å². The third-order valence-corrected chi connectivity index (χ3v) is 8.41. The molecule has 2 aromatic rings. The van der Waals surface area contributed by atoms with E-state index in [0.717, 1.165) is 0 Å². The number of para-hydroxylation sites is 1. The molecule has 0 radical (unpaired) electrons. The monoisotopic (exact) mass is 435 g/mol. The number of halogens is 2. The Morgan fingerprint density at radius 2 is 1.79 bits per heavy atom. The number of likely N-dealkylation sites (tertiary alicyclic amines) is 1. The fraction of sp³-hybridized carbons (Fsp3) is 0.667. The van der Waals surface area contributed by atoms with E-state index in [1.807, 2.05) is 0 Å². The van der Waals surface area contributed by atoms with Crippen LogP contribution < -0.4 is 0 Å². The lowest BCUT2D eigenvalue weighted by Gasteiger charge is -2.57. The molecule has 1 aromatic carbocycles. The number of hydrogen-bond acceptors (Lipinski definition) is 2. The summed E-state index contributed by atoms with van der Waals surface area (Å²) < 4.78 is 2.83. The van der Waals surface area contributed by atoms with Crippen molar-refractivity contribution in [3.63, 3.8) is 0 Å². The first-order valence-electron chi connectivity index (χ1n) is 11.4. The zero-order valence-electron chi connectivity index (χ0n) is 17.6. The van der Waals surface area contributed by atoms with E-state index in [9.17, 15) is 0 Å². The van der Waals surface area contributed by atoms with Crippen molar-refractivity contribution in [1.82, 2.24) is 14.4 Å². The van der Waals surface area contributed by atoms with Crippen molar-refractivity contribution in [3.05, 3.63) is 35.5 Å². The second-order valence-corrected chi connectivity index (χ2v) is 9.62. The fourth-order valence-electron chi connectivity index (χ4n) is 7.25. The average Bonchev–Trinajstić information content (AvgIpc) is 3.33. The highest BCUT2D eigenvalue weighted by molar-refractivity contribution is 5.86. The van der Waals surface area contributed by atoms with Crippen LogP contribution in [0.4, 0.5) is 0 Å². The van der Waals surface area contributed by atoms with Gasteiger partial charge in [0.2, 0.25) is 0 Å². The largest absolute Gasteiger partial charge is 0.338 e. The van der Waals surface area contributed by atoms with Gasteiger partial charge in [-0.2, -0.15) is 0 Å². The predicted octanol–water partition coefficient (Wildman–Crippen LogP) is 5.61. The highest BCUT2D eigenvalue weighted by Gasteiger charge is 2.53. The molecule has 5 heteroatoms. The number of piperidine rings is 1. The molecule has 4 aliphatic heterocycles. The van der Waals surface area contributed by atoms with Crippen LogP contribution in [-0.2, 0) is 6.42 Å². The van der Waals surface area contributed by atoms with Gasteiger partial charge in [-0.1, -0.05) is 25.1 Å². The molecule has 0 saturated carbocycles. The summed E-state index contributed by atoms with van der Waals surface area (Å²) in [5.41, 5.74) is 5.43. The van der Waals surface area contributed by atoms with Gasteiger partial charge in [0.05, 0.1) is 6.04 Å². The van der Waals surface area contributed by atoms with Crippen LogP contribution in [0.5, 0.6) is 0 Å². The van der Waals surface area contributed by atoms with Crippen molar-refractivity contribution >= 4 is 35.7 Å². The van der Waals surface area contributed by atoms with Crippen LogP contribution in [-0.4, -0.2) is 47.1 Å². The van der Waals surface area contributed by atoms with E-state index >= 15 is 0 Å². The summed E-state index contributed by atoms with van der Waals surface area (Å²) >= 11 is 0. The van der Waals surface area contributed by atoms with Gasteiger partial charge in [-0.3, -0.25) is 4.90 Å². The van der Waals surface area contributed by atoms with E-state index in [1.54, 1.807) is 16.6 Å². The molecule has 2 saturated heterocycles. The van der Waals surface area contributed by atoms with Crippen LogP contribution in [0.25, 0.3) is 10.9 Å². The van der Waals surface area contributed by atoms with Crippen molar-refractivity contribution in [3.8, 4) is 0 Å². The Hall–Kier alpha value is -0.740. The number of aromatic nitrogens is 1. The van der Waals surface area contributed by atoms with Crippen LogP contribution in [0.15, 0.2) is 24.3 Å². The number of fused-ring (bicyclic) bond motifs is 3. The van der Waals surface area contributed by atoms with Crippen molar-refractivity contribution in [1.29, 1.82) is 0 Å². The molecule has 0 N–H and O–H groups in total. The number of nitrogens with zero attached hydrogens (tertiary/aromatic N) is 3. The lowest BCUT2D eigenvalue weighted by Crippen LogP contribution is -2.54. The molecule has 1 unspecified atom stereocenters. The fourth-order valence-corrected chi connectivity index (χ4v) is 7.25.